The average molecular weight is 172 g/mol. The molecule has 10 heavy (non-hydrogen) atoms. The molecule has 2 heterocycles. The van der Waals surface area contributed by atoms with Crippen molar-refractivity contribution in [2.45, 2.75) is 13.0 Å². The van der Waals surface area contributed by atoms with Crippen LogP contribution in [0.5, 0.6) is 0 Å². The van der Waals surface area contributed by atoms with Crippen LogP contribution in [0.15, 0.2) is 5.51 Å². The molecule has 0 atom stereocenters. The molecule has 0 aromatic carbocycles. The van der Waals surface area contributed by atoms with Crippen LogP contribution in [-0.4, -0.2) is 15.8 Å². The van der Waals surface area contributed by atoms with E-state index < -0.39 is 0 Å². The summed E-state index contributed by atoms with van der Waals surface area (Å²) in [6.07, 6.45) is 1.06. The summed E-state index contributed by atoms with van der Waals surface area (Å²) in [5.41, 5.74) is 3.19. The van der Waals surface area contributed by atoms with Crippen LogP contribution in [0.3, 0.4) is 0 Å². The van der Waals surface area contributed by atoms with Gasteiger partial charge in [0.1, 0.15) is 0 Å². The fraction of sp³-hybridized carbons (Fsp3) is 0.500. The van der Waals surface area contributed by atoms with Crippen LogP contribution >= 0.6 is 24.2 Å². The minimum atomic E-state index is 0.961. The lowest BCUT2D eigenvalue weighted by molar-refractivity contribution is 0.452. The van der Waals surface area contributed by atoms with Crippen molar-refractivity contribution in [3.8, 4) is 0 Å². The Hall–Kier alpha value is -0.0600. The Bertz CT molecular complexity index is 233. The van der Waals surface area contributed by atoms with Gasteiger partial charge in [0.05, 0.1) is 11.2 Å². The molecule has 0 amide bonds. The van der Waals surface area contributed by atoms with Gasteiger partial charge >= 0.3 is 0 Å². The highest BCUT2D eigenvalue weighted by molar-refractivity contribution is 7.77. The minimum Gasteiger partial charge on any atom is -0.249 e. The van der Waals surface area contributed by atoms with Gasteiger partial charge in [-0.2, -0.15) is 0 Å². The van der Waals surface area contributed by atoms with E-state index in [4.69, 9.17) is 0 Å². The SMILES string of the molecule is SN1CCc2ncsc2C1. The fourth-order valence-electron chi connectivity index (χ4n) is 1.11. The summed E-state index contributed by atoms with van der Waals surface area (Å²) in [6.45, 7) is 1.99. The predicted molar refractivity (Wildman–Crippen MR) is 45.2 cm³/mol. The van der Waals surface area contributed by atoms with Crippen LogP contribution in [0.1, 0.15) is 10.6 Å². The summed E-state index contributed by atoms with van der Waals surface area (Å²) < 4.78 is 2.03. The number of hydrogen-bond acceptors (Lipinski definition) is 4. The van der Waals surface area contributed by atoms with E-state index in [1.165, 1.54) is 10.6 Å². The molecule has 54 valence electrons. The molecular weight excluding hydrogens is 164 g/mol. The Balaban J connectivity index is 2.30. The van der Waals surface area contributed by atoms with Crippen LogP contribution < -0.4 is 0 Å². The van der Waals surface area contributed by atoms with E-state index in [-0.39, 0.29) is 0 Å². The van der Waals surface area contributed by atoms with Gasteiger partial charge in [0, 0.05) is 24.4 Å². The molecule has 0 bridgehead atoms. The zero-order chi connectivity index (χ0) is 6.97. The maximum atomic E-state index is 4.27. The number of fused-ring (bicyclic) bond motifs is 1. The molecule has 0 fully saturated rings. The van der Waals surface area contributed by atoms with Gasteiger partial charge in [-0.15, -0.1) is 11.3 Å². The summed E-state index contributed by atoms with van der Waals surface area (Å²) in [7, 11) is 0. The zero-order valence-corrected chi connectivity index (χ0v) is 7.16. The predicted octanol–water partition coefficient (Wildman–Crippen LogP) is 1.35. The lowest BCUT2D eigenvalue weighted by Gasteiger charge is -2.19. The van der Waals surface area contributed by atoms with Crippen molar-refractivity contribution >= 4 is 24.2 Å². The van der Waals surface area contributed by atoms with Gasteiger partial charge in [0.15, 0.2) is 0 Å². The first-order valence-electron chi connectivity index (χ1n) is 3.21. The summed E-state index contributed by atoms with van der Waals surface area (Å²) in [6, 6.07) is 0. The van der Waals surface area contributed by atoms with Crippen molar-refractivity contribution in [3.63, 3.8) is 0 Å². The molecule has 4 heteroatoms. The van der Waals surface area contributed by atoms with Crippen molar-refractivity contribution in [1.82, 2.24) is 9.29 Å². The van der Waals surface area contributed by atoms with Crippen LogP contribution in [0.2, 0.25) is 0 Å². The third-order valence-electron chi connectivity index (χ3n) is 1.66. The monoisotopic (exact) mass is 172 g/mol. The van der Waals surface area contributed by atoms with Gasteiger partial charge in [-0.25, -0.2) is 9.29 Å². The second kappa shape index (κ2) is 2.53. The molecule has 0 radical (unpaired) electrons. The van der Waals surface area contributed by atoms with Crippen molar-refractivity contribution in [2.24, 2.45) is 0 Å². The molecule has 1 aliphatic heterocycles. The lowest BCUT2D eigenvalue weighted by Crippen LogP contribution is -2.21. The van der Waals surface area contributed by atoms with Gasteiger partial charge in [0.25, 0.3) is 0 Å². The standard InChI is InChI=1S/C6H8N2S2/c9-8-2-1-5-6(3-8)10-4-7-5/h4,9H,1-3H2. The van der Waals surface area contributed by atoms with E-state index in [1.807, 2.05) is 9.82 Å². The first kappa shape index (κ1) is 6.64. The normalized spacial score (nSPS) is 18.9. The van der Waals surface area contributed by atoms with Crippen LogP contribution in [0.4, 0.5) is 0 Å². The molecule has 1 aromatic heterocycles. The Morgan fingerprint density at radius 3 is 3.50 bits per heavy atom. The number of aromatic nitrogens is 1. The van der Waals surface area contributed by atoms with Crippen LogP contribution in [-0.2, 0) is 13.0 Å². The van der Waals surface area contributed by atoms with Crippen molar-refractivity contribution in [1.29, 1.82) is 0 Å². The van der Waals surface area contributed by atoms with Gasteiger partial charge in [-0.1, -0.05) is 12.8 Å². The second-order valence-corrected chi connectivity index (χ2v) is 3.87. The van der Waals surface area contributed by atoms with Crippen LogP contribution in [0.25, 0.3) is 0 Å². The number of hydrogen-bond donors (Lipinski definition) is 1. The van der Waals surface area contributed by atoms with E-state index in [2.05, 4.69) is 17.8 Å². The highest BCUT2D eigenvalue weighted by Gasteiger charge is 2.15. The Morgan fingerprint density at radius 2 is 2.60 bits per heavy atom. The van der Waals surface area contributed by atoms with E-state index in [1.54, 1.807) is 11.3 Å². The summed E-state index contributed by atoms with van der Waals surface area (Å²) in [4.78, 5) is 5.63. The first-order valence-corrected chi connectivity index (χ1v) is 4.49. The molecule has 0 saturated carbocycles. The Kier molecular flexibility index (Phi) is 1.68. The van der Waals surface area contributed by atoms with Gasteiger partial charge in [-0.3, -0.25) is 0 Å². The molecule has 0 unspecified atom stereocenters. The lowest BCUT2D eigenvalue weighted by atomic mass is 10.2. The topological polar surface area (TPSA) is 16.1 Å². The molecule has 0 aliphatic carbocycles. The molecule has 0 saturated heterocycles. The molecule has 0 N–H and O–H groups in total. The maximum Gasteiger partial charge on any atom is 0.0798 e. The second-order valence-electron chi connectivity index (χ2n) is 2.36. The van der Waals surface area contributed by atoms with E-state index >= 15 is 0 Å². The third-order valence-corrected chi connectivity index (χ3v) is 2.86. The Morgan fingerprint density at radius 1 is 1.70 bits per heavy atom. The fourth-order valence-corrected chi connectivity index (χ4v) is 2.27. The average Bonchev–Trinajstić information content (AvgIpc) is 2.33. The maximum absolute atomic E-state index is 4.27. The van der Waals surface area contributed by atoms with Gasteiger partial charge < -0.3 is 0 Å². The highest BCUT2D eigenvalue weighted by atomic mass is 32.1. The van der Waals surface area contributed by atoms with Gasteiger partial charge in [-0.05, 0) is 0 Å². The number of thiol groups is 1. The zero-order valence-electron chi connectivity index (χ0n) is 5.45. The smallest absolute Gasteiger partial charge is 0.0798 e. The third kappa shape index (κ3) is 1.07. The molecule has 2 rings (SSSR count). The summed E-state index contributed by atoms with van der Waals surface area (Å²) in [5.74, 6) is 0. The number of rotatable bonds is 0. The summed E-state index contributed by atoms with van der Waals surface area (Å²) >= 11 is 6.00. The first-order chi connectivity index (χ1) is 4.86. The van der Waals surface area contributed by atoms with Crippen molar-refractivity contribution in [3.05, 3.63) is 16.1 Å². The molecule has 2 nitrogen and oxygen atoms in total. The van der Waals surface area contributed by atoms with E-state index in [9.17, 15) is 0 Å². The molecule has 1 aliphatic rings. The Labute approximate surface area is 69.4 Å². The number of nitrogens with zero attached hydrogens (tertiary/aromatic N) is 2. The molecular formula is C6H8N2S2. The van der Waals surface area contributed by atoms with Crippen molar-refractivity contribution < 1.29 is 0 Å². The summed E-state index contributed by atoms with van der Waals surface area (Å²) in [5, 5.41) is 0. The van der Waals surface area contributed by atoms with Crippen molar-refractivity contribution in [2.75, 3.05) is 6.54 Å². The minimum absolute atomic E-state index is 0.961. The molecule has 0 spiro atoms. The number of thiazole rings is 1. The molecule has 1 aromatic rings. The quantitative estimate of drug-likeness (QED) is 0.595. The highest BCUT2D eigenvalue weighted by Crippen LogP contribution is 2.21. The van der Waals surface area contributed by atoms with E-state index in [0.29, 0.717) is 0 Å². The van der Waals surface area contributed by atoms with E-state index in [0.717, 1.165) is 19.5 Å². The largest absolute Gasteiger partial charge is 0.249 e. The van der Waals surface area contributed by atoms with Gasteiger partial charge in [0.2, 0.25) is 0 Å². The van der Waals surface area contributed by atoms with Crippen LogP contribution in [0, 0.1) is 0 Å².